The molecule has 0 spiro atoms. The highest BCUT2D eigenvalue weighted by Gasteiger charge is 2.33. The average Bonchev–Trinajstić information content (AvgIpc) is 3.36. The molecule has 4 atom stereocenters. The van der Waals surface area contributed by atoms with Gasteiger partial charge in [0.1, 0.15) is 0 Å². The number of amides is 4. The highest BCUT2D eigenvalue weighted by atomic mass is 35.0. The SMILES string of the molecule is CCOC(=O)CCCCC[C@H]1NC(=O)N[C@H]1C[34S][34S]C[C@@H]1NC(=O)N[C@@H]1CCCCCC(=O)OC. The van der Waals surface area contributed by atoms with Crippen LogP contribution >= 0.6 is 21.6 Å². The number of nitrogens with one attached hydrogen (secondary N) is 4. The fourth-order valence-corrected chi connectivity index (χ4v) is 6.79. The summed E-state index contributed by atoms with van der Waals surface area (Å²) in [6.07, 6.45) is 7.96. The van der Waals surface area contributed by atoms with E-state index in [1.54, 1.807) is 28.5 Å². The van der Waals surface area contributed by atoms with Crippen molar-refractivity contribution in [3.8, 4) is 0 Å². The molecule has 2 aliphatic rings. The van der Waals surface area contributed by atoms with Crippen LogP contribution in [0.3, 0.4) is 0 Å². The van der Waals surface area contributed by atoms with Crippen molar-refractivity contribution < 1.29 is 28.7 Å². The maximum absolute atomic E-state index is 11.9. The standard InChI is InChI=1S/C23H40N4O6S2/c1-3-33-21(29)13-9-5-7-11-17-19(27-23(31)25-17)15-35-34-14-18-16(24-22(30)26-18)10-6-4-8-12-20(28)32-2/h16-19H,3-15H2,1-2H3,(H2,24,26,30)(H2,25,27,31)/t16-,17-,18+,19+/m1/s1/i34+2,35+2. The van der Waals surface area contributed by atoms with Gasteiger partial charge in [0.15, 0.2) is 0 Å². The lowest BCUT2D eigenvalue weighted by molar-refractivity contribution is -0.143. The fraction of sp³-hybridized carbons (Fsp3) is 0.826. The van der Waals surface area contributed by atoms with Crippen molar-refractivity contribution >= 4 is 45.6 Å². The second-order valence-electron chi connectivity index (χ2n) is 8.81. The van der Waals surface area contributed by atoms with Gasteiger partial charge in [0.05, 0.1) is 37.9 Å². The van der Waals surface area contributed by atoms with Crippen molar-refractivity contribution in [2.45, 2.75) is 95.3 Å². The highest BCUT2D eigenvalue weighted by Crippen LogP contribution is 2.27. The first-order valence-electron chi connectivity index (χ1n) is 12.5. The molecule has 4 amide bonds. The predicted octanol–water partition coefficient (Wildman–Crippen LogP) is 3.10. The molecule has 0 aromatic carbocycles. The molecule has 0 saturated carbocycles. The molecule has 200 valence electrons. The van der Waals surface area contributed by atoms with E-state index in [0.29, 0.717) is 19.4 Å². The monoisotopic (exact) mass is 536 g/mol. The van der Waals surface area contributed by atoms with Gasteiger partial charge in [0, 0.05) is 24.3 Å². The van der Waals surface area contributed by atoms with E-state index in [1.165, 1.54) is 7.11 Å². The molecule has 10 nitrogen and oxygen atoms in total. The van der Waals surface area contributed by atoms with Crippen LogP contribution in [0.4, 0.5) is 9.59 Å². The summed E-state index contributed by atoms with van der Waals surface area (Å²) >= 11 is 0. The molecule has 0 aromatic rings. The Labute approximate surface area is 215 Å². The van der Waals surface area contributed by atoms with Crippen LogP contribution in [0.25, 0.3) is 0 Å². The maximum atomic E-state index is 11.9. The smallest absolute Gasteiger partial charge is 0.315 e. The molecule has 2 rings (SSSR count). The van der Waals surface area contributed by atoms with E-state index in [4.69, 9.17) is 4.74 Å². The quantitative estimate of drug-likeness (QED) is 0.0909. The first-order chi connectivity index (χ1) is 16.9. The van der Waals surface area contributed by atoms with Gasteiger partial charge in [-0.3, -0.25) is 9.59 Å². The Hall–Kier alpha value is -1.82. The predicted molar refractivity (Wildman–Crippen MR) is 138 cm³/mol. The first kappa shape index (κ1) is 29.4. The van der Waals surface area contributed by atoms with E-state index in [1.807, 2.05) is 0 Å². The Morgan fingerprint density at radius 3 is 1.63 bits per heavy atom. The third-order valence-corrected chi connectivity index (χ3v) is 8.61. The van der Waals surface area contributed by atoms with Crippen LogP contribution in [0.5, 0.6) is 0 Å². The largest absolute Gasteiger partial charge is 0.469 e. The molecule has 2 fully saturated rings. The molecule has 2 saturated heterocycles. The Bertz CT molecular complexity index is 699. The number of unbranched alkanes of at least 4 members (excludes halogenated alkanes) is 4. The number of carbonyl (C=O) groups excluding carboxylic acids is 4. The fourth-order valence-electron chi connectivity index (χ4n) is 4.22. The highest BCUT2D eigenvalue weighted by molar-refractivity contribution is 8.76. The Morgan fingerprint density at radius 2 is 1.17 bits per heavy atom. The van der Waals surface area contributed by atoms with Crippen LogP contribution in [0.1, 0.15) is 71.1 Å². The lowest BCUT2D eigenvalue weighted by Gasteiger charge is -2.20. The van der Waals surface area contributed by atoms with Crippen molar-refractivity contribution in [3.63, 3.8) is 0 Å². The summed E-state index contributed by atoms with van der Waals surface area (Å²) < 4.78 is 9.60. The molecule has 0 radical (unpaired) electrons. The molecule has 0 aromatic heterocycles. The number of rotatable bonds is 18. The van der Waals surface area contributed by atoms with Gasteiger partial charge in [0.2, 0.25) is 0 Å². The van der Waals surface area contributed by atoms with Crippen LogP contribution in [0.2, 0.25) is 0 Å². The average molecular weight is 537 g/mol. The number of methoxy groups -OCH3 is 1. The molecule has 0 aliphatic carbocycles. The summed E-state index contributed by atoms with van der Waals surface area (Å²) in [5.41, 5.74) is 0. The van der Waals surface area contributed by atoms with Gasteiger partial charge >= 0.3 is 24.0 Å². The summed E-state index contributed by atoms with van der Waals surface area (Å²) in [5.74, 6) is 1.23. The van der Waals surface area contributed by atoms with Gasteiger partial charge in [-0.2, -0.15) is 0 Å². The minimum atomic E-state index is -0.183. The summed E-state index contributed by atoms with van der Waals surface area (Å²) in [4.78, 5) is 46.3. The summed E-state index contributed by atoms with van der Waals surface area (Å²) in [6, 6.07) is 0.0406. The Morgan fingerprint density at radius 1 is 0.714 bits per heavy atom. The topological polar surface area (TPSA) is 135 Å². The molecule has 2 aliphatic heterocycles. The van der Waals surface area contributed by atoms with Crippen molar-refractivity contribution in [1.29, 1.82) is 0 Å². The second kappa shape index (κ2) is 16.8. The number of hydrogen-bond acceptors (Lipinski definition) is 8. The van der Waals surface area contributed by atoms with E-state index in [0.717, 1.165) is 62.9 Å². The summed E-state index contributed by atoms with van der Waals surface area (Å²) in [6.45, 7) is 2.22. The molecule has 0 unspecified atom stereocenters. The Kier molecular flexibility index (Phi) is 14.1. The van der Waals surface area contributed by atoms with Crippen LogP contribution in [-0.4, -0.2) is 73.4 Å². The van der Waals surface area contributed by atoms with E-state index >= 15 is 0 Å². The third kappa shape index (κ3) is 11.6. The zero-order chi connectivity index (χ0) is 25.5. The van der Waals surface area contributed by atoms with Crippen LogP contribution in [0.15, 0.2) is 0 Å². The van der Waals surface area contributed by atoms with Crippen LogP contribution < -0.4 is 21.3 Å². The zero-order valence-electron chi connectivity index (χ0n) is 20.8. The number of urea groups is 2. The van der Waals surface area contributed by atoms with E-state index in [2.05, 4.69) is 26.0 Å². The van der Waals surface area contributed by atoms with Gasteiger partial charge in [-0.25, -0.2) is 9.59 Å². The second-order valence-corrected chi connectivity index (χ2v) is 11.4. The lowest BCUT2D eigenvalue weighted by atomic mass is 10.0. The lowest BCUT2D eigenvalue weighted by Crippen LogP contribution is -2.36. The van der Waals surface area contributed by atoms with E-state index < -0.39 is 0 Å². The minimum Gasteiger partial charge on any atom is -0.469 e. The van der Waals surface area contributed by atoms with Crippen molar-refractivity contribution in [2.75, 3.05) is 25.2 Å². The van der Waals surface area contributed by atoms with Crippen molar-refractivity contribution in [2.24, 2.45) is 0 Å². The van der Waals surface area contributed by atoms with Crippen molar-refractivity contribution in [1.82, 2.24) is 21.3 Å². The van der Waals surface area contributed by atoms with Gasteiger partial charge in [-0.05, 0) is 32.6 Å². The van der Waals surface area contributed by atoms with E-state index in [-0.39, 0.29) is 48.2 Å². The van der Waals surface area contributed by atoms with Crippen LogP contribution in [0, 0.1) is 0 Å². The summed E-state index contributed by atoms with van der Waals surface area (Å²) in [5, 5.41) is 12.0. The first-order valence-corrected chi connectivity index (χ1v) is 15.0. The molecule has 35 heavy (non-hydrogen) atoms. The molecular weight excluding hydrogens is 496 g/mol. The normalized spacial score (nSPS) is 23.3. The van der Waals surface area contributed by atoms with Gasteiger partial charge < -0.3 is 30.7 Å². The molecule has 0 bridgehead atoms. The number of esters is 2. The molecular formula is C23H40N4O6S2. The van der Waals surface area contributed by atoms with Gasteiger partial charge in [0.25, 0.3) is 0 Å². The zero-order valence-corrected chi connectivity index (χ0v) is 22.4. The summed E-state index contributed by atoms with van der Waals surface area (Å²) in [7, 11) is 4.81. The van der Waals surface area contributed by atoms with Crippen LogP contribution in [-0.2, 0) is 19.1 Å². The minimum absolute atomic E-state index is 0.0620. The third-order valence-electron chi connectivity index (χ3n) is 6.14. The number of carbonyl (C=O) groups is 4. The number of ether oxygens (including phenoxy) is 2. The Balaban J connectivity index is 1.60. The van der Waals surface area contributed by atoms with Gasteiger partial charge in [-0.15, -0.1) is 0 Å². The van der Waals surface area contributed by atoms with E-state index in [9.17, 15) is 19.2 Å². The molecule has 2 heterocycles. The van der Waals surface area contributed by atoms with Crippen molar-refractivity contribution in [3.05, 3.63) is 0 Å². The number of hydrogen-bond donors (Lipinski definition) is 4. The van der Waals surface area contributed by atoms with Gasteiger partial charge in [-0.1, -0.05) is 47.3 Å². The molecule has 12 heteroatoms. The molecule has 4 N–H and O–H groups in total. The maximum Gasteiger partial charge on any atom is 0.315 e.